The van der Waals surface area contributed by atoms with Crippen LogP contribution in [0.5, 0.6) is 0 Å². The molecule has 5 rings (SSSR count). The first-order valence-corrected chi connectivity index (χ1v) is 13.5. The molecule has 216 valence electrons. The van der Waals surface area contributed by atoms with Crippen LogP contribution in [-0.2, 0) is 23.9 Å². The maximum absolute atomic E-state index is 13.3. The minimum Gasteiger partial charge on any atom is -0.459 e. The van der Waals surface area contributed by atoms with Crippen molar-refractivity contribution in [2.24, 2.45) is 0 Å². The van der Waals surface area contributed by atoms with E-state index in [0.717, 1.165) is 27.2 Å². The molecule has 10 heteroatoms. The van der Waals surface area contributed by atoms with E-state index in [2.05, 4.69) is 0 Å². The maximum atomic E-state index is 13.3. The number of esters is 1. The summed E-state index contributed by atoms with van der Waals surface area (Å²) in [5.74, 6) is -3.35. The Hall–Kier alpha value is -4.99. The molecule has 1 aliphatic carbocycles. The van der Waals surface area contributed by atoms with Gasteiger partial charge in [0.05, 0.1) is 17.5 Å². The first kappa shape index (κ1) is 28.5. The summed E-state index contributed by atoms with van der Waals surface area (Å²) >= 11 is 0. The largest absolute Gasteiger partial charge is 0.459 e. The monoisotopic (exact) mass is 570 g/mol. The molecular weight excluding hydrogens is 540 g/mol. The zero-order valence-electron chi connectivity index (χ0n) is 23.5. The lowest BCUT2D eigenvalue weighted by Crippen LogP contribution is -2.41. The Morgan fingerprint density at radius 3 is 1.79 bits per heavy atom. The topological polar surface area (TPSA) is 120 Å². The lowest BCUT2D eigenvalue weighted by molar-refractivity contribution is -0.169. The summed E-state index contributed by atoms with van der Waals surface area (Å²) in [6.45, 7) is 4.34. The average Bonchev–Trinajstić information content (AvgIpc) is 3.40. The van der Waals surface area contributed by atoms with Crippen LogP contribution in [0.1, 0.15) is 65.0 Å². The number of rotatable bonds is 8. The number of hydrogen-bond acceptors (Lipinski definition) is 8. The molecule has 42 heavy (non-hydrogen) atoms. The van der Waals surface area contributed by atoms with E-state index in [0.29, 0.717) is 5.06 Å². The Labute approximate surface area is 242 Å². The van der Waals surface area contributed by atoms with Gasteiger partial charge < -0.3 is 14.3 Å². The smallest absolute Gasteiger partial charge is 0.410 e. The molecule has 0 atom stereocenters. The van der Waals surface area contributed by atoms with E-state index in [-0.39, 0.29) is 30.2 Å². The first-order valence-electron chi connectivity index (χ1n) is 13.5. The number of nitrogens with zero attached hydrogens (tertiary/aromatic N) is 2. The highest BCUT2D eigenvalue weighted by Crippen LogP contribution is 2.44. The number of hydroxylamine groups is 2. The van der Waals surface area contributed by atoms with Crippen LogP contribution in [0.3, 0.4) is 0 Å². The van der Waals surface area contributed by atoms with Gasteiger partial charge in [0.1, 0.15) is 18.8 Å². The van der Waals surface area contributed by atoms with E-state index >= 15 is 0 Å². The standard InChI is InChI=1S/C32H30N2O8/c1-32(2,3)41-28(36)18-33(17-16-27(35)42-34-29(37)24-14-8-9-15-25(24)30(34)38)31(39)40-19-26-22-12-6-4-10-20(22)21-11-5-7-13-23(21)26/h4-15,26H,16-19H2,1-3H3. The molecule has 3 amide bonds. The molecular formula is C32H30N2O8. The molecule has 0 radical (unpaired) electrons. The summed E-state index contributed by atoms with van der Waals surface area (Å²) in [5, 5.41) is 0.401. The van der Waals surface area contributed by atoms with Gasteiger partial charge in [0.15, 0.2) is 0 Å². The third kappa shape index (κ3) is 5.88. The highest BCUT2D eigenvalue weighted by molar-refractivity contribution is 6.20. The van der Waals surface area contributed by atoms with Gasteiger partial charge in [-0.25, -0.2) is 9.59 Å². The minimum absolute atomic E-state index is 0.0111. The second kappa shape index (κ2) is 11.5. The van der Waals surface area contributed by atoms with Crippen LogP contribution in [0.15, 0.2) is 72.8 Å². The fourth-order valence-corrected chi connectivity index (χ4v) is 5.07. The SMILES string of the molecule is CC(C)(C)OC(=O)CN(CCC(=O)ON1C(=O)c2ccccc2C1=O)C(=O)OCC1c2ccccc2-c2ccccc21. The van der Waals surface area contributed by atoms with Crippen molar-refractivity contribution in [1.82, 2.24) is 9.96 Å². The predicted octanol–water partition coefficient (Wildman–Crippen LogP) is 4.72. The maximum Gasteiger partial charge on any atom is 0.410 e. The summed E-state index contributed by atoms with van der Waals surface area (Å²) in [6, 6.07) is 21.9. The summed E-state index contributed by atoms with van der Waals surface area (Å²) < 4.78 is 11.0. The van der Waals surface area contributed by atoms with Crippen molar-refractivity contribution in [2.75, 3.05) is 19.7 Å². The van der Waals surface area contributed by atoms with Crippen molar-refractivity contribution in [2.45, 2.75) is 38.7 Å². The van der Waals surface area contributed by atoms with Crippen LogP contribution in [0.25, 0.3) is 11.1 Å². The molecule has 0 N–H and O–H groups in total. The van der Waals surface area contributed by atoms with Gasteiger partial charge in [0.25, 0.3) is 11.8 Å². The van der Waals surface area contributed by atoms with Crippen LogP contribution in [-0.4, -0.2) is 65.1 Å². The van der Waals surface area contributed by atoms with Gasteiger partial charge in [0, 0.05) is 12.5 Å². The van der Waals surface area contributed by atoms with Crippen molar-refractivity contribution in [3.63, 3.8) is 0 Å². The molecule has 3 aromatic rings. The zero-order chi connectivity index (χ0) is 30.0. The summed E-state index contributed by atoms with van der Waals surface area (Å²) in [4.78, 5) is 69.7. The zero-order valence-corrected chi connectivity index (χ0v) is 23.5. The van der Waals surface area contributed by atoms with E-state index < -0.39 is 48.4 Å². The van der Waals surface area contributed by atoms with Crippen molar-refractivity contribution < 1.29 is 38.3 Å². The number of amides is 3. The first-order chi connectivity index (χ1) is 20.0. The van der Waals surface area contributed by atoms with Crippen LogP contribution in [0, 0.1) is 0 Å². The molecule has 0 saturated carbocycles. The summed E-state index contributed by atoms with van der Waals surface area (Å²) in [5.41, 5.74) is 3.63. The predicted molar refractivity (Wildman–Crippen MR) is 150 cm³/mol. The number of benzene rings is 3. The molecule has 0 saturated heterocycles. The molecule has 1 aliphatic heterocycles. The van der Waals surface area contributed by atoms with Crippen molar-refractivity contribution in [3.05, 3.63) is 95.1 Å². The molecule has 2 aliphatic rings. The van der Waals surface area contributed by atoms with Crippen LogP contribution < -0.4 is 0 Å². The third-order valence-electron chi connectivity index (χ3n) is 6.87. The number of imide groups is 1. The molecule has 0 unspecified atom stereocenters. The van der Waals surface area contributed by atoms with Crippen LogP contribution in [0.4, 0.5) is 4.79 Å². The molecule has 1 heterocycles. The fourth-order valence-electron chi connectivity index (χ4n) is 5.07. The van der Waals surface area contributed by atoms with E-state index in [1.54, 1.807) is 32.9 Å². The third-order valence-corrected chi connectivity index (χ3v) is 6.87. The molecule has 0 aromatic heterocycles. The Morgan fingerprint density at radius 2 is 1.26 bits per heavy atom. The van der Waals surface area contributed by atoms with Gasteiger partial charge in [-0.2, -0.15) is 0 Å². The Bertz CT molecular complexity index is 1490. The van der Waals surface area contributed by atoms with Crippen molar-refractivity contribution in [3.8, 4) is 11.1 Å². The lowest BCUT2D eigenvalue weighted by atomic mass is 9.98. The second-order valence-electron chi connectivity index (χ2n) is 11.0. The minimum atomic E-state index is -0.940. The van der Waals surface area contributed by atoms with Gasteiger partial charge in [-0.3, -0.25) is 19.3 Å². The fraction of sp³-hybridized carbons (Fsp3) is 0.281. The van der Waals surface area contributed by atoms with Gasteiger partial charge in [-0.05, 0) is 55.2 Å². The highest BCUT2D eigenvalue weighted by atomic mass is 16.7. The number of ether oxygens (including phenoxy) is 2. The average molecular weight is 571 g/mol. The van der Waals surface area contributed by atoms with E-state index in [1.807, 2.05) is 48.5 Å². The Kier molecular flexibility index (Phi) is 7.80. The van der Waals surface area contributed by atoms with E-state index in [1.165, 1.54) is 12.1 Å². The Balaban J connectivity index is 1.25. The summed E-state index contributed by atoms with van der Waals surface area (Å²) in [7, 11) is 0. The van der Waals surface area contributed by atoms with Crippen molar-refractivity contribution >= 4 is 29.8 Å². The number of fused-ring (bicyclic) bond motifs is 4. The summed E-state index contributed by atoms with van der Waals surface area (Å²) in [6.07, 6.45) is -1.24. The molecule has 0 spiro atoms. The number of carbonyl (C=O) groups excluding carboxylic acids is 5. The second-order valence-corrected chi connectivity index (χ2v) is 11.0. The number of hydrogen-bond donors (Lipinski definition) is 0. The quantitative estimate of drug-likeness (QED) is 0.282. The molecule has 0 bridgehead atoms. The van der Waals surface area contributed by atoms with Gasteiger partial charge in [0.2, 0.25) is 0 Å². The van der Waals surface area contributed by atoms with Crippen molar-refractivity contribution in [1.29, 1.82) is 0 Å². The molecule has 3 aromatic carbocycles. The van der Waals surface area contributed by atoms with Gasteiger partial charge in [-0.15, -0.1) is 0 Å². The van der Waals surface area contributed by atoms with E-state index in [4.69, 9.17) is 14.3 Å². The van der Waals surface area contributed by atoms with E-state index in [9.17, 15) is 24.0 Å². The van der Waals surface area contributed by atoms with Gasteiger partial charge >= 0.3 is 18.0 Å². The Morgan fingerprint density at radius 1 is 0.762 bits per heavy atom. The molecule has 10 nitrogen and oxygen atoms in total. The number of carbonyl (C=O) groups is 5. The molecule has 0 fully saturated rings. The lowest BCUT2D eigenvalue weighted by Gasteiger charge is -2.25. The van der Waals surface area contributed by atoms with Crippen LogP contribution >= 0.6 is 0 Å². The van der Waals surface area contributed by atoms with Crippen LogP contribution in [0.2, 0.25) is 0 Å². The van der Waals surface area contributed by atoms with Gasteiger partial charge in [-0.1, -0.05) is 65.7 Å². The highest BCUT2D eigenvalue weighted by Gasteiger charge is 2.39. The normalized spacial score (nSPS) is 13.7.